The molecule has 2 unspecified atom stereocenters. The number of carbonyl (C=O) groups is 1. The van der Waals surface area contributed by atoms with Gasteiger partial charge in [0.1, 0.15) is 5.97 Å². The quantitative estimate of drug-likeness (QED) is 0.553. The molecule has 0 radical (unpaired) electrons. The third-order valence-electron chi connectivity index (χ3n) is 8.28. The molecule has 4 saturated carbocycles. The van der Waals surface area contributed by atoms with Gasteiger partial charge in [-0.15, -0.1) is 0 Å². The van der Waals surface area contributed by atoms with E-state index in [2.05, 4.69) is 0 Å². The van der Waals surface area contributed by atoms with Crippen LogP contribution in [0.3, 0.4) is 0 Å². The summed E-state index contributed by atoms with van der Waals surface area (Å²) in [6.45, 7) is 0. The van der Waals surface area contributed by atoms with E-state index in [1.165, 1.54) is 0 Å². The molecule has 2 atom stereocenters. The molecule has 4 bridgehead atoms. The standard InChI is InChI=1S/C25H24F2O6S/c26-25(27,22(28)29)34(31,32)33-21-19-8-16-3-1-2-4-17(16)18(19)5-6-20(21)23-9-14-7-15(10-23)12-24(30,11-14)13-23/h1-6,14-15,30H,7-13H2,(H,28,29)/p-1. The number of aliphatic carboxylic acids is 1. The fraction of sp³-hybridized carbons (Fsp3) is 0.480. The van der Waals surface area contributed by atoms with Crippen LogP contribution >= 0.6 is 0 Å². The van der Waals surface area contributed by atoms with Crippen LogP contribution in [0.15, 0.2) is 36.4 Å². The molecular formula is C25H23F2O6S-. The zero-order valence-electron chi connectivity index (χ0n) is 18.2. The third kappa shape index (κ3) is 2.99. The molecular weight excluding hydrogens is 466 g/mol. The number of carboxylic acids is 1. The zero-order chi connectivity index (χ0) is 24.1. The van der Waals surface area contributed by atoms with E-state index in [0.717, 1.165) is 17.5 Å². The van der Waals surface area contributed by atoms with Crippen LogP contribution < -0.4 is 9.29 Å². The van der Waals surface area contributed by atoms with E-state index >= 15 is 0 Å². The van der Waals surface area contributed by atoms with Gasteiger partial charge in [0.2, 0.25) is 0 Å². The van der Waals surface area contributed by atoms with Gasteiger partial charge < -0.3 is 19.2 Å². The van der Waals surface area contributed by atoms with Crippen molar-refractivity contribution in [2.24, 2.45) is 11.8 Å². The van der Waals surface area contributed by atoms with E-state index in [1.807, 2.05) is 30.3 Å². The van der Waals surface area contributed by atoms with Crippen LogP contribution in [0, 0.1) is 11.8 Å². The van der Waals surface area contributed by atoms with Crippen molar-refractivity contribution >= 4 is 16.1 Å². The lowest BCUT2D eigenvalue weighted by Gasteiger charge is -2.60. The summed E-state index contributed by atoms with van der Waals surface area (Å²) < 4.78 is 58.5. The zero-order valence-corrected chi connectivity index (χ0v) is 19.0. The Bertz CT molecular complexity index is 1320. The maximum absolute atomic E-state index is 14.2. The monoisotopic (exact) mass is 489 g/mol. The molecule has 0 spiro atoms. The van der Waals surface area contributed by atoms with Crippen molar-refractivity contribution in [1.29, 1.82) is 0 Å². The Morgan fingerprint density at radius 2 is 1.74 bits per heavy atom. The van der Waals surface area contributed by atoms with Gasteiger partial charge in [-0.3, -0.25) is 0 Å². The summed E-state index contributed by atoms with van der Waals surface area (Å²) in [5, 5.41) is 17.0. The molecule has 2 aromatic rings. The molecule has 6 nitrogen and oxygen atoms in total. The van der Waals surface area contributed by atoms with Crippen LogP contribution in [-0.4, -0.2) is 30.3 Å². The maximum atomic E-state index is 14.2. The number of halogens is 2. The van der Waals surface area contributed by atoms with Gasteiger partial charge in [-0.25, -0.2) is 0 Å². The molecule has 0 aliphatic heterocycles. The maximum Gasteiger partial charge on any atom is 0.419 e. The molecule has 180 valence electrons. The molecule has 7 rings (SSSR count). The first-order valence-electron chi connectivity index (χ1n) is 11.4. The molecule has 0 saturated heterocycles. The highest BCUT2D eigenvalue weighted by molar-refractivity contribution is 7.89. The Hall–Kier alpha value is -2.52. The predicted octanol–water partition coefficient (Wildman–Crippen LogP) is 2.89. The van der Waals surface area contributed by atoms with Gasteiger partial charge in [-0.05, 0) is 67.1 Å². The smallest absolute Gasteiger partial charge is 0.419 e. The Labute approximate surface area is 195 Å². The van der Waals surface area contributed by atoms with Gasteiger partial charge in [0.05, 0.1) is 5.60 Å². The summed E-state index contributed by atoms with van der Waals surface area (Å²) in [5.74, 6) is -2.74. The van der Waals surface area contributed by atoms with Gasteiger partial charge >= 0.3 is 15.4 Å². The van der Waals surface area contributed by atoms with Gasteiger partial charge in [-0.1, -0.05) is 36.4 Å². The molecule has 0 aromatic heterocycles. The number of fused-ring (bicyclic) bond motifs is 3. The van der Waals surface area contributed by atoms with Gasteiger partial charge in [0.25, 0.3) is 0 Å². The molecule has 9 heteroatoms. The Morgan fingerprint density at radius 1 is 1.06 bits per heavy atom. The Kier molecular flexibility index (Phi) is 4.39. The molecule has 0 amide bonds. The topological polar surface area (TPSA) is 104 Å². The van der Waals surface area contributed by atoms with E-state index in [9.17, 15) is 32.2 Å². The first kappa shape index (κ1) is 22.0. The van der Waals surface area contributed by atoms with Crippen molar-refractivity contribution in [3.63, 3.8) is 0 Å². The fourth-order valence-electron chi connectivity index (χ4n) is 7.49. The third-order valence-corrected chi connectivity index (χ3v) is 9.46. The average molecular weight is 490 g/mol. The minimum absolute atomic E-state index is 0.222. The van der Waals surface area contributed by atoms with Crippen LogP contribution in [0.2, 0.25) is 0 Å². The van der Waals surface area contributed by atoms with E-state index in [4.69, 9.17) is 4.18 Å². The first-order chi connectivity index (χ1) is 15.9. The van der Waals surface area contributed by atoms with E-state index < -0.39 is 32.4 Å². The van der Waals surface area contributed by atoms with E-state index in [0.29, 0.717) is 48.8 Å². The number of carbonyl (C=O) groups excluding carboxylic acids is 1. The summed E-state index contributed by atoms with van der Waals surface area (Å²) in [6, 6.07) is 11.0. The SMILES string of the molecule is O=C([O-])C(F)(F)S(=O)(=O)Oc1c(C23CC4CC(CC(O)(C4)C2)C3)ccc2c1Cc1ccccc1-2. The number of hydrogen-bond donors (Lipinski definition) is 1. The minimum Gasteiger partial charge on any atom is -0.543 e. The average Bonchev–Trinajstić information content (AvgIpc) is 3.11. The first-order valence-corrected chi connectivity index (χ1v) is 12.8. The lowest BCUT2D eigenvalue weighted by atomic mass is 9.46. The van der Waals surface area contributed by atoms with Crippen molar-refractivity contribution < 1.29 is 36.4 Å². The number of rotatable bonds is 5. The predicted molar refractivity (Wildman–Crippen MR) is 115 cm³/mol. The van der Waals surface area contributed by atoms with Crippen molar-refractivity contribution in [3.8, 4) is 16.9 Å². The molecule has 5 aliphatic carbocycles. The van der Waals surface area contributed by atoms with Crippen LogP contribution in [0.4, 0.5) is 8.78 Å². The highest BCUT2D eigenvalue weighted by Crippen LogP contribution is 2.64. The summed E-state index contributed by atoms with van der Waals surface area (Å²) in [4.78, 5) is 11.0. The second kappa shape index (κ2) is 6.79. The van der Waals surface area contributed by atoms with Crippen LogP contribution in [0.1, 0.15) is 55.2 Å². The second-order valence-corrected chi connectivity index (χ2v) is 12.2. The lowest BCUT2D eigenvalue weighted by Crippen LogP contribution is -2.57. The highest BCUT2D eigenvalue weighted by atomic mass is 32.2. The van der Waals surface area contributed by atoms with Crippen molar-refractivity contribution in [1.82, 2.24) is 0 Å². The van der Waals surface area contributed by atoms with Crippen molar-refractivity contribution in [2.45, 2.75) is 61.2 Å². The number of hydrogen-bond acceptors (Lipinski definition) is 6. The van der Waals surface area contributed by atoms with Crippen molar-refractivity contribution in [2.75, 3.05) is 0 Å². The summed E-state index contributed by atoms with van der Waals surface area (Å²) in [5.41, 5.74) is 1.82. The molecule has 34 heavy (non-hydrogen) atoms. The number of carboxylic acid groups (broad SMARTS) is 1. The van der Waals surface area contributed by atoms with Gasteiger partial charge in [0, 0.05) is 23.0 Å². The summed E-state index contributed by atoms with van der Waals surface area (Å²) in [7, 11) is -5.89. The highest BCUT2D eigenvalue weighted by Gasteiger charge is 2.59. The Balaban J connectivity index is 1.54. The molecule has 0 heterocycles. The molecule has 1 N–H and O–H groups in total. The van der Waals surface area contributed by atoms with E-state index in [-0.39, 0.29) is 24.0 Å². The van der Waals surface area contributed by atoms with Crippen molar-refractivity contribution in [3.05, 3.63) is 53.1 Å². The second-order valence-electron chi connectivity index (χ2n) is 10.6. The lowest BCUT2D eigenvalue weighted by molar-refractivity contribution is -0.321. The van der Waals surface area contributed by atoms with Crippen LogP contribution in [0.5, 0.6) is 5.75 Å². The molecule has 5 aliphatic rings. The number of aliphatic hydroxyl groups is 1. The largest absolute Gasteiger partial charge is 0.543 e. The number of benzene rings is 2. The van der Waals surface area contributed by atoms with Gasteiger partial charge in [-0.2, -0.15) is 17.2 Å². The summed E-state index contributed by atoms with van der Waals surface area (Å²) >= 11 is 0. The van der Waals surface area contributed by atoms with E-state index in [1.54, 1.807) is 6.07 Å². The normalized spacial score (nSPS) is 31.3. The summed E-state index contributed by atoms with van der Waals surface area (Å²) in [6.07, 6.45) is 4.41. The van der Waals surface area contributed by atoms with Crippen LogP contribution in [-0.2, 0) is 26.7 Å². The molecule has 4 fully saturated rings. The number of alkyl halides is 2. The molecule has 2 aromatic carbocycles. The van der Waals surface area contributed by atoms with Gasteiger partial charge in [0.15, 0.2) is 5.75 Å². The van der Waals surface area contributed by atoms with Crippen LogP contribution in [0.25, 0.3) is 11.1 Å². The Morgan fingerprint density at radius 3 is 2.38 bits per heavy atom. The fourth-order valence-corrected chi connectivity index (χ4v) is 8.21. The minimum atomic E-state index is -5.89.